The number of nitrogens with zero attached hydrogens (tertiary/aromatic N) is 3. The van der Waals surface area contributed by atoms with Gasteiger partial charge in [-0.2, -0.15) is 0 Å². The molecule has 1 aromatic heterocycles. The second-order valence-corrected chi connectivity index (χ2v) is 8.42. The molecule has 5 rings (SSSR count). The van der Waals surface area contributed by atoms with Crippen molar-refractivity contribution in [3.05, 3.63) is 106 Å². The first-order valence-electron chi connectivity index (χ1n) is 11.1. The number of hydrogen-bond acceptors (Lipinski definition) is 5. The van der Waals surface area contributed by atoms with Crippen molar-refractivity contribution < 1.29 is 19.0 Å². The molecule has 1 amide bonds. The van der Waals surface area contributed by atoms with E-state index in [4.69, 9.17) is 4.74 Å². The molecule has 174 valence electrons. The summed E-state index contributed by atoms with van der Waals surface area (Å²) in [5, 5.41) is 12.5. The van der Waals surface area contributed by atoms with Gasteiger partial charge in [0.25, 0.3) is 5.91 Å². The van der Waals surface area contributed by atoms with Crippen LogP contribution in [-0.4, -0.2) is 39.9 Å². The smallest absolute Gasteiger partial charge is 0.278 e. The number of amides is 1. The highest BCUT2D eigenvalue weighted by Gasteiger charge is 2.39. The number of hydrogen-bond donors (Lipinski definition) is 1. The number of carbonyl (C=O) groups is 1. The lowest BCUT2D eigenvalue weighted by Crippen LogP contribution is -2.57. The van der Waals surface area contributed by atoms with E-state index in [0.717, 1.165) is 5.56 Å². The van der Waals surface area contributed by atoms with Gasteiger partial charge in [-0.1, -0.05) is 54.6 Å². The molecule has 2 aromatic carbocycles. The van der Waals surface area contributed by atoms with Crippen LogP contribution in [0.4, 0.5) is 4.39 Å². The number of rotatable bonds is 1. The summed E-state index contributed by atoms with van der Waals surface area (Å²) in [6.45, 7) is 2.24. The average molecular weight is 461 g/mol. The highest BCUT2D eigenvalue weighted by molar-refractivity contribution is 5.96. The van der Waals surface area contributed by atoms with Crippen LogP contribution in [0.2, 0.25) is 0 Å². The number of pyridine rings is 1. The maximum atomic E-state index is 15.0. The van der Waals surface area contributed by atoms with E-state index in [1.165, 1.54) is 23.0 Å². The summed E-state index contributed by atoms with van der Waals surface area (Å²) in [4.78, 5) is 27.3. The summed E-state index contributed by atoms with van der Waals surface area (Å²) >= 11 is 0. The van der Waals surface area contributed by atoms with E-state index < -0.39 is 28.9 Å². The molecule has 34 heavy (non-hydrogen) atoms. The molecule has 0 fully saturated rings. The first-order valence-corrected chi connectivity index (χ1v) is 11.1. The molecule has 0 aliphatic carbocycles. The average Bonchev–Trinajstić information content (AvgIpc) is 2.83. The minimum atomic E-state index is -0.638. The van der Waals surface area contributed by atoms with Gasteiger partial charge in [0.2, 0.25) is 5.43 Å². The second kappa shape index (κ2) is 8.70. The molecule has 3 heterocycles. The molecule has 0 spiro atoms. The SMILES string of the molecule is C[C@@H]1C/C=C/COc2c(F)cccc2[C@@H](c2ccccc2)N2CN1C(=O)c1c(O)c(=O)ccn12. The highest BCUT2D eigenvalue weighted by atomic mass is 19.1. The Kier molecular flexibility index (Phi) is 5.57. The van der Waals surface area contributed by atoms with Crippen molar-refractivity contribution in [3.63, 3.8) is 0 Å². The first-order chi connectivity index (χ1) is 16.5. The van der Waals surface area contributed by atoms with Crippen molar-refractivity contribution in [1.82, 2.24) is 9.58 Å². The molecule has 0 unspecified atom stereocenters. The summed E-state index contributed by atoms with van der Waals surface area (Å²) in [6.07, 6.45) is 5.68. The number of carbonyl (C=O) groups excluding carboxylic acids is 1. The lowest BCUT2D eigenvalue weighted by molar-refractivity contribution is 0.0606. The Labute approximate surface area is 195 Å². The molecular weight excluding hydrogens is 437 g/mol. The van der Waals surface area contributed by atoms with Gasteiger partial charge in [-0.3, -0.25) is 19.3 Å². The van der Waals surface area contributed by atoms with E-state index in [-0.39, 0.29) is 30.8 Å². The second-order valence-electron chi connectivity index (χ2n) is 8.42. The molecule has 3 aromatic rings. The number of para-hydroxylation sites is 1. The van der Waals surface area contributed by atoms with Crippen LogP contribution >= 0.6 is 0 Å². The van der Waals surface area contributed by atoms with Crippen LogP contribution in [0, 0.1) is 5.82 Å². The number of fused-ring (bicyclic) bond motifs is 5. The van der Waals surface area contributed by atoms with Crippen LogP contribution in [-0.2, 0) is 0 Å². The monoisotopic (exact) mass is 461 g/mol. The van der Waals surface area contributed by atoms with E-state index in [9.17, 15) is 14.7 Å². The van der Waals surface area contributed by atoms with Gasteiger partial charge >= 0.3 is 0 Å². The van der Waals surface area contributed by atoms with Gasteiger partial charge < -0.3 is 14.7 Å². The Bertz CT molecular complexity index is 1320. The zero-order valence-corrected chi connectivity index (χ0v) is 18.6. The molecule has 2 bridgehead atoms. The van der Waals surface area contributed by atoms with Crippen LogP contribution in [0.15, 0.2) is 77.7 Å². The zero-order valence-electron chi connectivity index (χ0n) is 18.6. The minimum absolute atomic E-state index is 0.116. The number of halogens is 1. The van der Waals surface area contributed by atoms with Crippen LogP contribution < -0.4 is 15.2 Å². The first kappa shape index (κ1) is 21.8. The fourth-order valence-corrected chi connectivity index (χ4v) is 4.56. The van der Waals surface area contributed by atoms with Crippen LogP contribution in [0.3, 0.4) is 0 Å². The molecule has 0 radical (unpaired) electrons. The number of benzene rings is 2. The van der Waals surface area contributed by atoms with Crippen LogP contribution in [0.1, 0.15) is 41.0 Å². The Morgan fingerprint density at radius 1 is 1.03 bits per heavy atom. The van der Waals surface area contributed by atoms with Gasteiger partial charge in [0.1, 0.15) is 19.3 Å². The summed E-state index contributed by atoms with van der Waals surface area (Å²) in [5.74, 6) is -1.43. The van der Waals surface area contributed by atoms with Crippen molar-refractivity contribution in [2.24, 2.45) is 0 Å². The summed E-state index contributed by atoms with van der Waals surface area (Å²) < 4.78 is 22.4. The van der Waals surface area contributed by atoms with E-state index in [1.54, 1.807) is 23.1 Å². The molecule has 0 saturated carbocycles. The Balaban J connectivity index is 1.82. The minimum Gasteiger partial charge on any atom is -0.502 e. The standard InChI is InChI=1S/C26H24FN3O4/c1-17-8-5-6-15-34-25-19(11-7-12-20(25)27)22(18-9-3-2-4-10-18)30-16-28(17)26(33)23-24(32)21(31)13-14-29(23)30/h2-7,9-14,17,22,32H,8,15-16H2,1H3/b6-5+/t17-,22-/m1/s1. The molecule has 1 N–H and O–H groups in total. The van der Waals surface area contributed by atoms with E-state index in [0.29, 0.717) is 12.0 Å². The molecule has 2 aliphatic rings. The Morgan fingerprint density at radius 3 is 2.62 bits per heavy atom. The quantitative estimate of drug-likeness (QED) is 0.561. The molecule has 2 atom stereocenters. The van der Waals surface area contributed by atoms with Gasteiger partial charge in [0.15, 0.2) is 23.0 Å². The Morgan fingerprint density at radius 2 is 1.82 bits per heavy atom. The molecule has 8 heteroatoms. The normalized spacial score (nSPS) is 20.9. The third-order valence-corrected chi connectivity index (χ3v) is 6.30. The third kappa shape index (κ3) is 3.61. The molecule has 2 aliphatic heterocycles. The fourth-order valence-electron chi connectivity index (χ4n) is 4.56. The van der Waals surface area contributed by atoms with Gasteiger partial charge in [0.05, 0.1) is 0 Å². The maximum Gasteiger partial charge on any atom is 0.278 e. The highest BCUT2D eigenvalue weighted by Crippen LogP contribution is 2.38. The predicted octanol–water partition coefficient (Wildman–Crippen LogP) is 3.56. The summed E-state index contributed by atoms with van der Waals surface area (Å²) in [5.41, 5.74) is 0.635. The maximum absolute atomic E-state index is 15.0. The van der Waals surface area contributed by atoms with Crippen LogP contribution in [0.5, 0.6) is 11.5 Å². The summed E-state index contributed by atoms with van der Waals surface area (Å²) in [7, 11) is 0. The molecule has 0 saturated heterocycles. The molecular formula is C26H24FN3O4. The van der Waals surface area contributed by atoms with Gasteiger partial charge in [-0.25, -0.2) is 4.39 Å². The third-order valence-electron chi connectivity index (χ3n) is 6.30. The lowest BCUT2D eigenvalue weighted by atomic mass is 9.96. The van der Waals surface area contributed by atoms with Gasteiger partial charge in [0, 0.05) is 23.9 Å². The van der Waals surface area contributed by atoms with E-state index >= 15 is 4.39 Å². The van der Waals surface area contributed by atoms with Crippen LogP contribution in [0.25, 0.3) is 0 Å². The van der Waals surface area contributed by atoms with Crippen molar-refractivity contribution in [2.45, 2.75) is 25.4 Å². The summed E-state index contributed by atoms with van der Waals surface area (Å²) in [6, 6.07) is 14.6. The van der Waals surface area contributed by atoms with Crippen molar-refractivity contribution >= 4 is 5.91 Å². The number of aromatic hydroxyl groups is 1. The fraction of sp³-hybridized carbons (Fsp3) is 0.231. The number of ether oxygens (including phenoxy) is 1. The van der Waals surface area contributed by atoms with E-state index in [2.05, 4.69) is 0 Å². The zero-order chi connectivity index (χ0) is 23.8. The van der Waals surface area contributed by atoms with Crippen molar-refractivity contribution in [1.29, 1.82) is 0 Å². The van der Waals surface area contributed by atoms with Gasteiger partial charge in [-0.15, -0.1) is 0 Å². The van der Waals surface area contributed by atoms with Gasteiger partial charge in [-0.05, 0) is 25.0 Å². The number of aromatic nitrogens is 1. The topological polar surface area (TPSA) is 75.0 Å². The lowest BCUT2D eigenvalue weighted by Gasteiger charge is -2.46. The van der Waals surface area contributed by atoms with Crippen molar-refractivity contribution in [3.8, 4) is 11.5 Å². The van der Waals surface area contributed by atoms with Crippen molar-refractivity contribution in [2.75, 3.05) is 18.3 Å². The Hall–Kier alpha value is -4.07. The predicted molar refractivity (Wildman–Crippen MR) is 125 cm³/mol. The largest absolute Gasteiger partial charge is 0.502 e. The molecule has 7 nitrogen and oxygen atoms in total. The van der Waals surface area contributed by atoms with E-state index in [1.807, 2.05) is 48.3 Å².